The lowest BCUT2D eigenvalue weighted by atomic mass is 10.1. The van der Waals surface area contributed by atoms with Crippen molar-refractivity contribution in [1.29, 1.82) is 0 Å². The van der Waals surface area contributed by atoms with E-state index in [1.165, 1.54) is 29.2 Å². The van der Waals surface area contributed by atoms with E-state index in [0.717, 1.165) is 21.9 Å². The van der Waals surface area contributed by atoms with Gasteiger partial charge in [0, 0.05) is 17.6 Å². The van der Waals surface area contributed by atoms with Gasteiger partial charge in [0.15, 0.2) is 0 Å². The van der Waals surface area contributed by atoms with E-state index in [2.05, 4.69) is 5.32 Å². The molecule has 2 amide bonds. The number of carbonyl (C=O) groups excluding carboxylic acids is 2. The van der Waals surface area contributed by atoms with Gasteiger partial charge in [-0.2, -0.15) is 0 Å². The van der Waals surface area contributed by atoms with E-state index < -0.39 is 28.5 Å². The minimum absolute atomic E-state index is 0.00136. The molecule has 0 radical (unpaired) electrons. The smallest absolute Gasteiger partial charge is 0.264 e. The van der Waals surface area contributed by atoms with Gasteiger partial charge >= 0.3 is 0 Å². The van der Waals surface area contributed by atoms with E-state index in [-0.39, 0.29) is 23.4 Å². The zero-order chi connectivity index (χ0) is 30.2. The maximum absolute atomic E-state index is 14.1. The summed E-state index contributed by atoms with van der Waals surface area (Å²) >= 11 is 6.01. The zero-order valence-corrected chi connectivity index (χ0v) is 25.7. The van der Waals surface area contributed by atoms with Crippen molar-refractivity contribution >= 4 is 39.1 Å². The zero-order valence-electron chi connectivity index (χ0n) is 24.1. The van der Waals surface area contributed by atoms with Gasteiger partial charge in [-0.1, -0.05) is 55.3 Å². The largest absolute Gasteiger partial charge is 0.497 e. The number of benzene rings is 3. The standard InChI is InChI=1S/C31H38ClN3O5S/c1-6-23(4)33-31(37)29(7-2)34(20-24-10-16-27(40-5)17-11-24)30(36)21-35(26-14-8-22(3)9-15-26)41(38,39)28-18-12-25(32)13-19-28/h8-19,23,29H,6-7,20-21H2,1-5H3,(H,33,37). The number of hydrogen-bond donors (Lipinski definition) is 1. The molecular formula is C31H38ClN3O5S. The van der Waals surface area contributed by atoms with E-state index in [1.54, 1.807) is 43.5 Å². The van der Waals surface area contributed by atoms with Crippen LogP contribution in [0.15, 0.2) is 77.7 Å². The number of anilines is 1. The predicted molar refractivity (Wildman–Crippen MR) is 163 cm³/mol. The van der Waals surface area contributed by atoms with Crippen LogP contribution in [0.2, 0.25) is 5.02 Å². The Kier molecular flexibility index (Phi) is 11.2. The van der Waals surface area contributed by atoms with Crippen molar-refractivity contribution in [2.75, 3.05) is 18.0 Å². The second kappa shape index (κ2) is 14.4. The Morgan fingerprint density at radius 1 is 0.927 bits per heavy atom. The molecule has 0 fully saturated rings. The fourth-order valence-corrected chi connectivity index (χ4v) is 5.80. The van der Waals surface area contributed by atoms with Crippen LogP contribution in [0.5, 0.6) is 5.75 Å². The quantitative estimate of drug-likeness (QED) is 0.277. The van der Waals surface area contributed by atoms with Crippen LogP contribution in [0.4, 0.5) is 5.69 Å². The van der Waals surface area contributed by atoms with E-state index in [9.17, 15) is 18.0 Å². The number of amides is 2. The molecule has 0 aromatic heterocycles. The molecule has 0 bridgehead atoms. The maximum Gasteiger partial charge on any atom is 0.264 e. The molecule has 0 aliphatic rings. The van der Waals surface area contributed by atoms with E-state index >= 15 is 0 Å². The number of methoxy groups -OCH3 is 1. The van der Waals surface area contributed by atoms with Crippen LogP contribution in [-0.2, 0) is 26.2 Å². The van der Waals surface area contributed by atoms with Crippen molar-refractivity contribution in [3.8, 4) is 5.75 Å². The Balaban J connectivity index is 2.05. The molecule has 0 saturated carbocycles. The third-order valence-corrected chi connectivity index (χ3v) is 8.94. The molecule has 8 nitrogen and oxygen atoms in total. The SMILES string of the molecule is CCC(C)NC(=O)C(CC)N(Cc1ccc(OC)cc1)C(=O)CN(c1ccc(C)cc1)S(=O)(=O)c1ccc(Cl)cc1. The Labute approximate surface area is 248 Å². The van der Waals surface area contributed by atoms with Crippen molar-refractivity contribution in [3.63, 3.8) is 0 Å². The molecule has 2 unspecified atom stereocenters. The van der Waals surface area contributed by atoms with Gasteiger partial charge in [0.25, 0.3) is 10.0 Å². The molecule has 0 saturated heterocycles. The molecule has 0 spiro atoms. The molecule has 41 heavy (non-hydrogen) atoms. The molecule has 3 aromatic rings. The lowest BCUT2D eigenvalue weighted by molar-refractivity contribution is -0.140. The highest BCUT2D eigenvalue weighted by Crippen LogP contribution is 2.26. The van der Waals surface area contributed by atoms with Gasteiger partial charge in [0.2, 0.25) is 11.8 Å². The van der Waals surface area contributed by atoms with E-state index in [1.807, 2.05) is 39.8 Å². The first-order valence-electron chi connectivity index (χ1n) is 13.6. The van der Waals surface area contributed by atoms with Crippen LogP contribution >= 0.6 is 11.6 Å². The van der Waals surface area contributed by atoms with Crippen LogP contribution in [0, 0.1) is 6.92 Å². The monoisotopic (exact) mass is 599 g/mol. The normalized spacial score (nSPS) is 12.7. The topological polar surface area (TPSA) is 96.0 Å². The number of nitrogens with one attached hydrogen (secondary N) is 1. The molecule has 10 heteroatoms. The summed E-state index contributed by atoms with van der Waals surface area (Å²) in [4.78, 5) is 28.9. The van der Waals surface area contributed by atoms with Gasteiger partial charge in [0.05, 0.1) is 17.7 Å². The Morgan fingerprint density at radius 2 is 1.54 bits per heavy atom. The molecule has 0 aliphatic heterocycles. The number of hydrogen-bond acceptors (Lipinski definition) is 5. The van der Waals surface area contributed by atoms with Gasteiger partial charge in [-0.15, -0.1) is 0 Å². The third-order valence-electron chi connectivity index (χ3n) is 6.90. The first kappa shape index (κ1) is 32.0. The highest BCUT2D eigenvalue weighted by Gasteiger charge is 2.34. The van der Waals surface area contributed by atoms with Gasteiger partial charge in [-0.3, -0.25) is 13.9 Å². The number of sulfonamides is 1. The highest BCUT2D eigenvalue weighted by molar-refractivity contribution is 7.92. The van der Waals surface area contributed by atoms with Crippen LogP contribution in [0.1, 0.15) is 44.7 Å². The van der Waals surface area contributed by atoms with Crippen molar-refractivity contribution in [2.45, 2.75) is 64.1 Å². The van der Waals surface area contributed by atoms with Crippen molar-refractivity contribution in [3.05, 3.63) is 88.9 Å². The molecule has 3 aromatic carbocycles. The van der Waals surface area contributed by atoms with Crippen LogP contribution < -0.4 is 14.4 Å². The number of rotatable bonds is 13. The lowest BCUT2D eigenvalue weighted by Gasteiger charge is -2.33. The fourth-order valence-electron chi connectivity index (χ4n) is 4.26. The maximum atomic E-state index is 14.1. The highest BCUT2D eigenvalue weighted by atomic mass is 35.5. The molecule has 0 aliphatic carbocycles. The summed E-state index contributed by atoms with van der Waals surface area (Å²) in [6.45, 7) is 7.20. The Bertz CT molecular complexity index is 1410. The number of ether oxygens (including phenoxy) is 1. The summed E-state index contributed by atoms with van der Waals surface area (Å²) in [5.74, 6) is -0.135. The van der Waals surface area contributed by atoms with E-state index in [4.69, 9.17) is 16.3 Å². The third kappa shape index (κ3) is 8.24. The summed E-state index contributed by atoms with van der Waals surface area (Å²) in [5.41, 5.74) is 2.05. The predicted octanol–water partition coefficient (Wildman–Crippen LogP) is 5.57. The van der Waals surface area contributed by atoms with Gasteiger partial charge in [-0.25, -0.2) is 8.42 Å². The molecular weight excluding hydrogens is 562 g/mol. The summed E-state index contributed by atoms with van der Waals surface area (Å²) < 4.78 is 34.1. The molecule has 1 N–H and O–H groups in total. The second-order valence-electron chi connectivity index (χ2n) is 9.91. The van der Waals surface area contributed by atoms with Gasteiger partial charge in [-0.05, 0) is 80.8 Å². The number of carbonyl (C=O) groups is 2. The lowest BCUT2D eigenvalue weighted by Crippen LogP contribution is -2.53. The van der Waals surface area contributed by atoms with Crippen molar-refractivity contribution in [2.24, 2.45) is 0 Å². The minimum Gasteiger partial charge on any atom is -0.497 e. The van der Waals surface area contributed by atoms with E-state index in [0.29, 0.717) is 22.9 Å². The van der Waals surface area contributed by atoms with Crippen LogP contribution in [0.3, 0.4) is 0 Å². The van der Waals surface area contributed by atoms with Crippen molar-refractivity contribution < 1.29 is 22.7 Å². The summed E-state index contributed by atoms with van der Waals surface area (Å²) in [6.07, 6.45) is 1.08. The Morgan fingerprint density at radius 3 is 2.07 bits per heavy atom. The summed E-state index contributed by atoms with van der Waals surface area (Å²) in [6, 6.07) is 19.0. The molecule has 0 heterocycles. The average molecular weight is 600 g/mol. The Hall–Kier alpha value is -3.56. The number of nitrogens with zero attached hydrogens (tertiary/aromatic N) is 2. The van der Waals surface area contributed by atoms with Crippen LogP contribution in [-0.4, -0.2) is 50.9 Å². The summed E-state index contributed by atoms with van der Waals surface area (Å²) in [5, 5.41) is 3.37. The first-order chi connectivity index (χ1) is 19.5. The molecule has 220 valence electrons. The minimum atomic E-state index is -4.16. The van der Waals surface area contributed by atoms with Gasteiger partial charge in [0.1, 0.15) is 18.3 Å². The molecule has 2 atom stereocenters. The van der Waals surface area contributed by atoms with Crippen LogP contribution in [0.25, 0.3) is 0 Å². The second-order valence-corrected chi connectivity index (χ2v) is 12.2. The van der Waals surface area contributed by atoms with Crippen molar-refractivity contribution in [1.82, 2.24) is 10.2 Å². The van der Waals surface area contributed by atoms with Gasteiger partial charge < -0.3 is 15.0 Å². The fraction of sp³-hybridized carbons (Fsp3) is 0.355. The first-order valence-corrected chi connectivity index (χ1v) is 15.4. The molecule has 3 rings (SSSR count). The summed E-state index contributed by atoms with van der Waals surface area (Å²) in [7, 11) is -2.59. The number of aryl methyl sites for hydroxylation is 1. The number of halogens is 1. The average Bonchev–Trinajstić information content (AvgIpc) is 2.96.